The van der Waals surface area contributed by atoms with Crippen molar-refractivity contribution in [2.24, 2.45) is 0 Å². The lowest BCUT2D eigenvalue weighted by atomic mass is 10.1. The zero-order valence-electron chi connectivity index (χ0n) is 14.7. The van der Waals surface area contributed by atoms with Crippen LogP contribution in [-0.2, 0) is 16.1 Å². The van der Waals surface area contributed by atoms with Crippen LogP contribution in [0.1, 0.15) is 24.0 Å². The van der Waals surface area contributed by atoms with E-state index in [-0.39, 0.29) is 12.0 Å². The minimum Gasteiger partial charge on any atom is -0.376 e. The third kappa shape index (κ3) is 5.03. The zero-order valence-corrected chi connectivity index (χ0v) is 14.7. The van der Waals surface area contributed by atoms with E-state index in [1.54, 1.807) is 0 Å². The first-order valence-electron chi connectivity index (χ1n) is 9.08. The molecular formula is C19H29N3O2. The van der Waals surface area contributed by atoms with Crippen molar-refractivity contribution in [1.29, 1.82) is 0 Å². The summed E-state index contributed by atoms with van der Waals surface area (Å²) in [6, 6.07) is 8.58. The smallest absolute Gasteiger partial charge is 0.234 e. The Bertz CT molecular complexity index is 535. The van der Waals surface area contributed by atoms with Crippen molar-refractivity contribution in [1.82, 2.24) is 15.1 Å². The molecule has 1 aromatic rings. The number of nitrogens with one attached hydrogen (secondary N) is 1. The Kier molecular flexibility index (Phi) is 6.24. The van der Waals surface area contributed by atoms with Gasteiger partial charge in [0, 0.05) is 45.9 Å². The van der Waals surface area contributed by atoms with Crippen molar-refractivity contribution in [3.63, 3.8) is 0 Å². The second-order valence-electron chi connectivity index (χ2n) is 6.92. The van der Waals surface area contributed by atoms with E-state index in [0.717, 1.165) is 52.2 Å². The van der Waals surface area contributed by atoms with Gasteiger partial charge in [-0.2, -0.15) is 0 Å². The molecule has 5 nitrogen and oxygen atoms in total. The van der Waals surface area contributed by atoms with Crippen LogP contribution in [0, 0.1) is 6.92 Å². The predicted octanol–water partition coefficient (Wildman–Crippen LogP) is 1.41. The minimum atomic E-state index is 0.123. The first kappa shape index (κ1) is 17.4. The molecule has 0 radical (unpaired) electrons. The van der Waals surface area contributed by atoms with Crippen LogP contribution in [0.15, 0.2) is 24.3 Å². The lowest BCUT2D eigenvalue weighted by Gasteiger charge is -2.34. The molecule has 2 aliphatic rings. The van der Waals surface area contributed by atoms with E-state index in [1.165, 1.54) is 11.1 Å². The molecule has 1 atom stereocenters. The van der Waals surface area contributed by atoms with Gasteiger partial charge in [0.15, 0.2) is 0 Å². The van der Waals surface area contributed by atoms with E-state index >= 15 is 0 Å². The molecule has 2 saturated heterocycles. The second-order valence-corrected chi connectivity index (χ2v) is 6.92. The lowest BCUT2D eigenvalue weighted by Crippen LogP contribution is -2.49. The van der Waals surface area contributed by atoms with Crippen LogP contribution in [0.5, 0.6) is 0 Å². The summed E-state index contributed by atoms with van der Waals surface area (Å²) >= 11 is 0. The summed E-state index contributed by atoms with van der Waals surface area (Å²) in [6.45, 7) is 9.13. The highest BCUT2D eigenvalue weighted by Gasteiger charge is 2.20. The fourth-order valence-corrected chi connectivity index (χ4v) is 3.43. The van der Waals surface area contributed by atoms with E-state index in [4.69, 9.17) is 4.74 Å². The number of carbonyl (C=O) groups excluding carboxylic acids is 1. The van der Waals surface area contributed by atoms with Crippen molar-refractivity contribution in [2.45, 2.75) is 32.4 Å². The molecule has 0 unspecified atom stereocenters. The SMILES string of the molecule is Cc1ccccc1CN1CCN(CC(=O)NC[C@@H]2CCCO2)CC1. The molecule has 2 fully saturated rings. The molecule has 0 aliphatic carbocycles. The highest BCUT2D eigenvalue weighted by Crippen LogP contribution is 2.13. The van der Waals surface area contributed by atoms with Crippen molar-refractivity contribution in [2.75, 3.05) is 45.9 Å². The minimum absolute atomic E-state index is 0.123. The van der Waals surface area contributed by atoms with Gasteiger partial charge < -0.3 is 10.1 Å². The Labute approximate surface area is 145 Å². The van der Waals surface area contributed by atoms with Gasteiger partial charge in [-0.25, -0.2) is 0 Å². The van der Waals surface area contributed by atoms with Crippen molar-refractivity contribution in [3.05, 3.63) is 35.4 Å². The first-order valence-corrected chi connectivity index (χ1v) is 9.08. The summed E-state index contributed by atoms with van der Waals surface area (Å²) in [6.07, 6.45) is 2.40. The fraction of sp³-hybridized carbons (Fsp3) is 0.632. The predicted molar refractivity (Wildman–Crippen MR) is 94.9 cm³/mol. The summed E-state index contributed by atoms with van der Waals surface area (Å²) < 4.78 is 5.54. The average molecular weight is 331 g/mol. The molecule has 0 aromatic heterocycles. The third-order valence-electron chi connectivity index (χ3n) is 5.04. The van der Waals surface area contributed by atoms with Gasteiger partial charge in [-0.1, -0.05) is 24.3 Å². The summed E-state index contributed by atoms with van der Waals surface area (Å²) in [5.74, 6) is 0.123. The van der Waals surface area contributed by atoms with Crippen LogP contribution in [0.3, 0.4) is 0 Å². The van der Waals surface area contributed by atoms with Gasteiger partial charge in [-0.3, -0.25) is 14.6 Å². The van der Waals surface area contributed by atoms with E-state index < -0.39 is 0 Å². The van der Waals surface area contributed by atoms with Gasteiger partial charge in [0.25, 0.3) is 0 Å². The maximum atomic E-state index is 12.1. The fourth-order valence-electron chi connectivity index (χ4n) is 3.43. The van der Waals surface area contributed by atoms with Crippen molar-refractivity contribution >= 4 is 5.91 Å². The van der Waals surface area contributed by atoms with Gasteiger partial charge in [0.2, 0.25) is 5.91 Å². The summed E-state index contributed by atoms with van der Waals surface area (Å²) in [5.41, 5.74) is 2.76. The summed E-state index contributed by atoms with van der Waals surface area (Å²) in [4.78, 5) is 16.8. The number of carbonyl (C=O) groups is 1. The Hall–Kier alpha value is -1.43. The topological polar surface area (TPSA) is 44.8 Å². The number of hydrogen-bond acceptors (Lipinski definition) is 4. The molecule has 0 saturated carbocycles. The molecular weight excluding hydrogens is 302 g/mol. The molecule has 2 heterocycles. The van der Waals surface area contributed by atoms with Crippen LogP contribution in [0.2, 0.25) is 0 Å². The molecule has 0 spiro atoms. The number of hydrogen-bond donors (Lipinski definition) is 1. The normalized spacial score (nSPS) is 22.6. The van der Waals surface area contributed by atoms with Crippen LogP contribution in [0.25, 0.3) is 0 Å². The average Bonchev–Trinajstić information content (AvgIpc) is 3.10. The van der Waals surface area contributed by atoms with Crippen LogP contribution < -0.4 is 5.32 Å². The molecule has 0 bridgehead atoms. The maximum Gasteiger partial charge on any atom is 0.234 e. The molecule has 1 aromatic carbocycles. The highest BCUT2D eigenvalue weighted by molar-refractivity contribution is 5.78. The number of amides is 1. The Morgan fingerprint density at radius 3 is 2.67 bits per heavy atom. The third-order valence-corrected chi connectivity index (χ3v) is 5.04. The highest BCUT2D eigenvalue weighted by atomic mass is 16.5. The molecule has 1 N–H and O–H groups in total. The standard InChI is InChI=1S/C19H29N3O2/c1-16-5-2-3-6-17(16)14-21-8-10-22(11-9-21)15-19(23)20-13-18-7-4-12-24-18/h2-3,5-6,18H,4,7-15H2,1H3,(H,20,23)/t18-/m0/s1. The van der Waals surface area contributed by atoms with Crippen LogP contribution in [-0.4, -0.2) is 67.7 Å². The quantitative estimate of drug-likeness (QED) is 0.856. The van der Waals surface area contributed by atoms with Gasteiger partial charge in [-0.05, 0) is 30.9 Å². The van der Waals surface area contributed by atoms with E-state index in [9.17, 15) is 4.79 Å². The number of aryl methyl sites for hydroxylation is 1. The van der Waals surface area contributed by atoms with Gasteiger partial charge in [-0.15, -0.1) is 0 Å². The number of benzene rings is 1. The lowest BCUT2D eigenvalue weighted by molar-refractivity contribution is -0.123. The molecule has 132 valence electrons. The molecule has 5 heteroatoms. The van der Waals surface area contributed by atoms with Crippen LogP contribution in [0.4, 0.5) is 0 Å². The monoisotopic (exact) mass is 331 g/mol. The Morgan fingerprint density at radius 1 is 1.21 bits per heavy atom. The van der Waals surface area contributed by atoms with Gasteiger partial charge >= 0.3 is 0 Å². The molecule has 3 rings (SSSR count). The number of rotatable bonds is 6. The van der Waals surface area contributed by atoms with E-state index in [1.807, 2.05) is 0 Å². The number of piperazine rings is 1. The first-order chi connectivity index (χ1) is 11.7. The molecule has 1 amide bonds. The summed E-state index contributed by atoms with van der Waals surface area (Å²) in [5, 5.41) is 3.01. The Morgan fingerprint density at radius 2 is 1.96 bits per heavy atom. The largest absolute Gasteiger partial charge is 0.376 e. The Balaban J connectivity index is 1.35. The summed E-state index contributed by atoms with van der Waals surface area (Å²) in [7, 11) is 0. The van der Waals surface area contributed by atoms with E-state index in [0.29, 0.717) is 13.1 Å². The number of ether oxygens (including phenoxy) is 1. The molecule has 24 heavy (non-hydrogen) atoms. The van der Waals surface area contributed by atoms with Gasteiger partial charge in [0.05, 0.1) is 12.6 Å². The van der Waals surface area contributed by atoms with E-state index in [2.05, 4.69) is 46.3 Å². The second kappa shape index (κ2) is 8.60. The van der Waals surface area contributed by atoms with Crippen molar-refractivity contribution in [3.8, 4) is 0 Å². The maximum absolute atomic E-state index is 12.1. The molecule has 2 aliphatic heterocycles. The van der Waals surface area contributed by atoms with Gasteiger partial charge in [0.1, 0.15) is 0 Å². The number of nitrogens with zero attached hydrogens (tertiary/aromatic N) is 2. The zero-order chi connectivity index (χ0) is 16.8. The van der Waals surface area contributed by atoms with Crippen LogP contribution >= 0.6 is 0 Å². The van der Waals surface area contributed by atoms with Crippen molar-refractivity contribution < 1.29 is 9.53 Å².